The standard InChI is InChI=1S/C26H23N3O2/c1-19-6-4-9-22(26(19)30-15-14-27)18-31-23-10-5-7-20(16-23)17-28-25-13-12-21-8-2-3-11-24(21)29-25/h2-13,16H,15,17-18H2,1H3,(H,28,29). The smallest absolute Gasteiger partial charge is 0.174 e. The van der Waals surface area contributed by atoms with E-state index in [0.29, 0.717) is 18.9 Å². The lowest BCUT2D eigenvalue weighted by atomic mass is 10.1. The van der Waals surface area contributed by atoms with Crippen molar-refractivity contribution in [1.82, 2.24) is 4.98 Å². The molecule has 0 radical (unpaired) electrons. The van der Waals surface area contributed by atoms with Gasteiger partial charge in [0, 0.05) is 17.5 Å². The zero-order valence-electron chi connectivity index (χ0n) is 17.3. The summed E-state index contributed by atoms with van der Waals surface area (Å²) in [6.07, 6.45) is 0. The molecule has 4 rings (SSSR count). The lowest BCUT2D eigenvalue weighted by molar-refractivity contribution is 0.291. The van der Waals surface area contributed by atoms with Crippen molar-refractivity contribution in [3.05, 3.63) is 95.6 Å². The van der Waals surface area contributed by atoms with Gasteiger partial charge in [0.25, 0.3) is 0 Å². The molecule has 31 heavy (non-hydrogen) atoms. The predicted octanol–water partition coefficient (Wildman–Crippen LogP) is 5.64. The second-order valence-electron chi connectivity index (χ2n) is 7.19. The minimum Gasteiger partial charge on any atom is -0.489 e. The van der Waals surface area contributed by atoms with Crippen LogP contribution in [0.3, 0.4) is 0 Å². The molecule has 154 valence electrons. The molecule has 0 spiro atoms. The average Bonchev–Trinajstić information content (AvgIpc) is 2.81. The second kappa shape index (κ2) is 9.64. The third kappa shape index (κ3) is 5.12. The van der Waals surface area contributed by atoms with Crippen LogP contribution in [0.25, 0.3) is 10.9 Å². The summed E-state index contributed by atoms with van der Waals surface area (Å²) in [5.41, 5.74) is 3.96. The summed E-state index contributed by atoms with van der Waals surface area (Å²) in [6, 6.07) is 28.0. The van der Waals surface area contributed by atoms with Crippen molar-refractivity contribution in [2.45, 2.75) is 20.1 Å². The van der Waals surface area contributed by atoms with Gasteiger partial charge in [0.2, 0.25) is 0 Å². The van der Waals surface area contributed by atoms with Crippen molar-refractivity contribution in [3.63, 3.8) is 0 Å². The molecule has 0 aliphatic carbocycles. The first-order chi connectivity index (χ1) is 15.2. The van der Waals surface area contributed by atoms with E-state index in [9.17, 15) is 0 Å². The first-order valence-electron chi connectivity index (χ1n) is 10.1. The number of rotatable bonds is 8. The van der Waals surface area contributed by atoms with E-state index in [-0.39, 0.29) is 6.61 Å². The van der Waals surface area contributed by atoms with Crippen LogP contribution in [-0.2, 0) is 13.2 Å². The molecule has 5 heteroatoms. The summed E-state index contributed by atoms with van der Waals surface area (Å²) in [5, 5.41) is 13.3. The molecule has 1 aromatic heterocycles. The molecule has 0 saturated carbocycles. The van der Waals surface area contributed by atoms with Crippen LogP contribution in [0.4, 0.5) is 5.82 Å². The summed E-state index contributed by atoms with van der Waals surface area (Å²) >= 11 is 0. The highest BCUT2D eigenvalue weighted by atomic mass is 16.5. The van der Waals surface area contributed by atoms with Gasteiger partial charge in [0.1, 0.15) is 30.0 Å². The van der Waals surface area contributed by atoms with E-state index < -0.39 is 0 Å². The molecule has 1 heterocycles. The van der Waals surface area contributed by atoms with Gasteiger partial charge in [-0.25, -0.2) is 4.98 Å². The molecule has 0 unspecified atom stereocenters. The maximum Gasteiger partial charge on any atom is 0.174 e. The molecule has 0 saturated heterocycles. The molecule has 0 amide bonds. The fraction of sp³-hybridized carbons (Fsp3) is 0.154. The van der Waals surface area contributed by atoms with Crippen LogP contribution < -0.4 is 14.8 Å². The van der Waals surface area contributed by atoms with Crippen molar-refractivity contribution in [1.29, 1.82) is 5.26 Å². The lowest BCUT2D eigenvalue weighted by Crippen LogP contribution is -2.04. The highest BCUT2D eigenvalue weighted by Gasteiger charge is 2.08. The van der Waals surface area contributed by atoms with Gasteiger partial charge >= 0.3 is 0 Å². The molecule has 0 aliphatic rings. The number of hydrogen-bond acceptors (Lipinski definition) is 5. The number of nitrogens with one attached hydrogen (secondary N) is 1. The van der Waals surface area contributed by atoms with Gasteiger partial charge in [-0.15, -0.1) is 0 Å². The number of aromatic nitrogens is 1. The molecular formula is C26H23N3O2. The van der Waals surface area contributed by atoms with Crippen molar-refractivity contribution in [3.8, 4) is 17.6 Å². The fourth-order valence-electron chi connectivity index (χ4n) is 3.40. The Balaban J connectivity index is 1.40. The molecule has 0 bridgehead atoms. The summed E-state index contributed by atoms with van der Waals surface area (Å²) in [6.45, 7) is 2.99. The van der Waals surface area contributed by atoms with Gasteiger partial charge in [0.15, 0.2) is 6.61 Å². The lowest BCUT2D eigenvalue weighted by Gasteiger charge is -2.14. The Morgan fingerprint density at radius 1 is 0.935 bits per heavy atom. The zero-order chi connectivity index (χ0) is 21.5. The van der Waals surface area contributed by atoms with E-state index in [2.05, 4.69) is 28.5 Å². The monoisotopic (exact) mass is 409 g/mol. The minimum atomic E-state index is 0.0157. The highest BCUT2D eigenvalue weighted by molar-refractivity contribution is 5.80. The third-order valence-corrected chi connectivity index (χ3v) is 4.94. The average molecular weight is 409 g/mol. The van der Waals surface area contributed by atoms with Crippen LogP contribution in [-0.4, -0.2) is 11.6 Å². The van der Waals surface area contributed by atoms with Crippen LogP contribution in [0, 0.1) is 18.3 Å². The first kappa shape index (κ1) is 20.2. The number of ether oxygens (including phenoxy) is 2. The quantitative estimate of drug-likeness (QED) is 0.408. The second-order valence-corrected chi connectivity index (χ2v) is 7.19. The largest absolute Gasteiger partial charge is 0.489 e. The van der Waals surface area contributed by atoms with Crippen molar-refractivity contribution < 1.29 is 9.47 Å². The molecule has 1 N–H and O–H groups in total. The summed E-state index contributed by atoms with van der Waals surface area (Å²) in [5.74, 6) is 2.33. The van der Waals surface area contributed by atoms with Gasteiger partial charge in [-0.3, -0.25) is 0 Å². The highest BCUT2D eigenvalue weighted by Crippen LogP contribution is 2.25. The number of fused-ring (bicyclic) bond motifs is 1. The Labute approximate surface area is 181 Å². The van der Waals surface area contributed by atoms with Gasteiger partial charge in [-0.05, 0) is 48.4 Å². The molecule has 5 nitrogen and oxygen atoms in total. The van der Waals surface area contributed by atoms with E-state index in [0.717, 1.165) is 39.2 Å². The Hall–Kier alpha value is -4.04. The van der Waals surface area contributed by atoms with Crippen molar-refractivity contribution in [2.75, 3.05) is 11.9 Å². The number of para-hydroxylation sites is 2. The van der Waals surface area contributed by atoms with E-state index in [1.807, 2.05) is 73.7 Å². The molecule has 4 aromatic rings. The van der Waals surface area contributed by atoms with Crippen molar-refractivity contribution in [2.24, 2.45) is 0 Å². The normalized spacial score (nSPS) is 10.5. The van der Waals surface area contributed by atoms with Crippen molar-refractivity contribution >= 4 is 16.7 Å². The van der Waals surface area contributed by atoms with Crippen LogP contribution in [0.5, 0.6) is 11.5 Å². The number of aryl methyl sites for hydroxylation is 1. The number of pyridine rings is 1. The number of nitrogens with zero attached hydrogens (tertiary/aromatic N) is 2. The maximum absolute atomic E-state index is 8.82. The molecule has 3 aromatic carbocycles. The summed E-state index contributed by atoms with van der Waals surface area (Å²) in [7, 11) is 0. The SMILES string of the molecule is Cc1cccc(COc2cccc(CNc3ccc4ccccc4n3)c2)c1OCC#N. The van der Waals surface area contributed by atoms with Crippen LogP contribution in [0.15, 0.2) is 78.9 Å². The molecule has 0 fully saturated rings. The molecular weight excluding hydrogens is 386 g/mol. The fourth-order valence-corrected chi connectivity index (χ4v) is 3.40. The van der Waals surface area contributed by atoms with E-state index in [1.165, 1.54) is 0 Å². The molecule has 0 atom stereocenters. The van der Waals surface area contributed by atoms with Gasteiger partial charge in [-0.1, -0.05) is 48.5 Å². The number of benzene rings is 3. The Morgan fingerprint density at radius 2 is 1.81 bits per heavy atom. The van der Waals surface area contributed by atoms with Crippen LogP contribution in [0.1, 0.15) is 16.7 Å². The van der Waals surface area contributed by atoms with E-state index in [4.69, 9.17) is 14.7 Å². The van der Waals surface area contributed by atoms with Gasteiger partial charge in [0.05, 0.1) is 5.52 Å². The number of anilines is 1. The number of hydrogen-bond donors (Lipinski definition) is 1. The van der Waals surface area contributed by atoms with Crippen LogP contribution >= 0.6 is 0 Å². The van der Waals surface area contributed by atoms with Crippen LogP contribution in [0.2, 0.25) is 0 Å². The van der Waals surface area contributed by atoms with Gasteiger partial charge < -0.3 is 14.8 Å². The van der Waals surface area contributed by atoms with E-state index >= 15 is 0 Å². The Bertz CT molecular complexity index is 1230. The predicted molar refractivity (Wildman–Crippen MR) is 122 cm³/mol. The zero-order valence-corrected chi connectivity index (χ0v) is 17.3. The minimum absolute atomic E-state index is 0.0157. The molecule has 0 aliphatic heterocycles. The third-order valence-electron chi connectivity index (χ3n) is 4.94. The summed E-state index contributed by atoms with van der Waals surface area (Å²) < 4.78 is 11.6. The van der Waals surface area contributed by atoms with E-state index in [1.54, 1.807) is 0 Å². The Morgan fingerprint density at radius 3 is 2.71 bits per heavy atom. The topological polar surface area (TPSA) is 67.2 Å². The number of nitriles is 1. The summed E-state index contributed by atoms with van der Waals surface area (Å²) in [4.78, 5) is 4.65. The van der Waals surface area contributed by atoms with Gasteiger partial charge in [-0.2, -0.15) is 5.26 Å². The maximum atomic E-state index is 8.82. The first-order valence-corrected chi connectivity index (χ1v) is 10.1. The Kier molecular flexibility index (Phi) is 6.29.